The maximum atomic E-state index is 13.1. The number of benzene rings is 8. The zero-order chi connectivity index (χ0) is 99.4. The van der Waals surface area contributed by atoms with Crippen molar-refractivity contribution >= 4 is 76.6 Å². The summed E-state index contributed by atoms with van der Waals surface area (Å²) < 4.78 is 48.4. The van der Waals surface area contributed by atoms with Crippen molar-refractivity contribution in [2.75, 3.05) is 157 Å². The fraction of sp³-hybridized carbons (Fsp3) is 0.412. The summed E-state index contributed by atoms with van der Waals surface area (Å²) in [4.78, 5) is 129. The lowest BCUT2D eigenvalue weighted by Gasteiger charge is -2.32. The molecule has 5 fully saturated rings. The van der Waals surface area contributed by atoms with Crippen LogP contribution in [0, 0.1) is 20.2 Å². The van der Waals surface area contributed by atoms with Crippen LogP contribution < -0.4 is 55.4 Å². The second kappa shape index (κ2) is 65.1. The van der Waals surface area contributed by atoms with Gasteiger partial charge >= 0.3 is 35.5 Å². The van der Waals surface area contributed by atoms with Gasteiger partial charge in [0.15, 0.2) is 6.04 Å². The fourth-order valence-electron chi connectivity index (χ4n) is 13.8. The number of nitrogens with two attached hydrogens (primary N) is 1. The van der Waals surface area contributed by atoms with Crippen LogP contribution in [-0.2, 0) is 55.8 Å². The van der Waals surface area contributed by atoms with Crippen molar-refractivity contribution in [3.63, 3.8) is 0 Å². The van der Waals surface area contributed by atoms with Gasteiger partial charge in [0.05, 0.1) is 92.7 Å². The molecule has 5 aliphatic heterocycles. The highest BCUT2D eigenvalue weighted by Gasteiger charge is 2.32. The standard InChI is InChI=1S/C22H27N3O4.C15H20N2O4.C14H22N2O.C11H13NO5.C9H11NO3.C8H7NO4.C8H8O2.C4H9N.C4H8O.C2H3ClO2/c1-23(22(26)15-18-8-3-4-11-20(18)25(27)28)21(16-24-12-5-6-13-24)17-9-7-10-19(14-17)29-2;1-20-12-7-5-6-11(10-12)13(16-15(19)21-2)14(18)17-8-3-4-9-17;1-15-14(11-16-8-3-4-9-16)12-6-5-7-13(10-12)17-2;1-16-8-5-3-4-7(6-8)9(10(13)14)12-11(15)17-2;1-13-7-4-2-3-6(5-7)8(10)9(11)12;10-8(11)5-6-3-1-2-4-7(6)9(12)13;1-10-8-4-2-3-7(5-8)6-9;2*1-2-4-5-3-1;1-5-2(3)4/h3-4,7-11,14,21H,5-6,12-13,15-16H2,1-2H3;5-7,10,13H,3-4,8-9H2,1-2H3,(H,16,19);5-7,10,14-15H,3-4,8-9,11H2,1-2H3;3-6,9H,1-2H3,(H,12,15)(H,13,14);2-5,8H,10H2,1H3,(H,11,12);1-4H,5H2,(H,10,11);2-6H,1H3;5H,1-4H2;1-4H2;1H3. The Morgan fingerprint density at radius 3 is 1.24 bits per heavy atom. The van der Waals surface area contributed by atoms with Gasteiger partial charge in [0.1, 0.15) is 52.9 Å². The normalized spacial score (nSPS) is 14.2. The number of nitrogens with one attached hydrogen (secondary N) is 4. The van der Waals surface area contributed by atoms with E-state index in [0.29, 0.717) is 56.9 Å². The van der Waals surface area contributed by atoms with Crippen LogP contribution in [0.3, 0.4) is 0 Å². The number of likely N-dealkylation sites (N-methyl/N-ethyl adjacent to an activating group) is 2. The first-order valence-corrected chi connectivity index (χ1v) is 43.9. The van der Waals surface area contributed by atoms with E-state index < -0.39 is 63.5 Å². The van der Waals surface area contributed by atoms with E-state index in [1.807, 2.05) is 37.4 Å². The van der Waals surface area contributed by atoms with E-state index in [4.69, 9.17) is 54.2 Å². The van der Waals surface area contributed by atoms with Crippen molar-refractivity contribution in [2.24, 2.45) is 5.73 Å². The number of carbonyl (C=O) groups excluding carboxylic acids is 6. The summed E-state index contributed by atoms with van der Waals surface area (Å²) in [7, 11) is 16.9. The first kappa shape index (κ1) is 114. The number of alkyl carbamates (subject to hydrolysis) is 2. The fourth-order valence-corrected chi connectivity index (χ4v) is 13.8. The van der Waals surface area contributed by atoms with Gasteiger partial charge in [0.25, 0.3) is 11.4 Å². The summed E-state index contributed by atoms with van der Waals surface area (Å²) in [5, 5.41) is 59.3. The molecule has 135 heavy (non-hydrogen) atoms. The molecule has 38 heteroatoms. The van der Waals surface area contributed by atoms with Gasteiger partial charge in [-0.3, -0.25) is 44.2 Å². The number of carbonyl (C=O) groups is 9. The third kappa shape index (κ3) is 43.3. The molecule has 37 nitrogen and oxygen atoms in total. The van der Waals surface area contributed by atoms with Gasteiger partial charge in [-0.25, -0.2) is 19.2 Å². The highest BCUT2D eigenvalue weighted by Crippen LogP contribution is 2.31. The van der Waals surface area contributed by atoms with E-state index >= 15 is 0 Å². The lowest BCUT2D eigenvalue weighted by Crippen LogP contribution is -2.41. The SMILES string of the molecule is C1CCNC1.C1CCOC1.CNC(CN1CCCC1)c1cccc(OC)c1.COC(=O)Cl.COC(=O)NC(C(=O)N1CCCC1)c1cccc(OC)c1.COC(=O)NC(C(=O)O)c1cccc(OC)c1.COc1cccc(C(CN2CCCC2)N(C)C(=O)Cc2ccccc2[N+](=O)[O-])c1.COc1cccc(C(N)C(=O)O)c1.COc1cccc(C=O)c1.O=C(O)Cc1ccccc1[N+](=O)[O-]. The molecular weight excluding hydrogens is 1770 g/mol. The monoisotopic (exact) mass is 1900 g/mol. The van der Waals surface area contributed by atoms with Crippen molar-refractivity contribution in [2.45, 2.75) is 107 Å². The van der Waals surface area contributed by atoms with E-state index in [1.54, 1.807) is 161 Å². The van der Waals surface area contributed by atoms with E-state index in [9.17, 15) is 63.4 Å². The number of amides is 4. The molecule has 5 aliphatic rings. The van der Waals surface area contributed by atoms with Crippen molar-refractivity contribution < 1.29 is 116 Å². The van der Waals surface area contributed by atoms with Crippen LogP contribution in [0.25, 0.3) is 0 Å². The predicted octanol–water partition coefficient (Wildman–Crippen LogP) is 14.1. The number of hydrogen-bond donors (Lipinski definition) is 8. The van der Waals surface area contributed by atoms with Gasteiger partial charge in [-0.1, -0.05) is 109 Å². The van der Waals surface area contributed by atoms with Crippen molar-refractivity contribution in [1.29, 1.82) is 0 Å². The summed E-state index contributed by atoms with van der Waals surface area (Å²) in [5.74, 6) is 0.582. The van der Waals surface area contributed by atoms with Gasteiger partial charge in [-0.2, -0.15) is 0 Å². The smallest absolute Gasteiger partial charge is 0.407 e. The number of halogens is 1. The lowest BCUT2D eigenvalue weighted by atomic mass is 10.0. The number of aldehydes is 1. The largest absolute Gasteiger partial charge is 0.497 e. The van der Waals surface area contributed by atoms with Crippen LogP contribution in [0.5, 0.6) is 34.5 Å². The average Bonchev–Trinajstić information content (AvgIpc) is 1.80. The summed E-state index contributed by atoms with van der Waals surface area (Å²) in [6.07, 6.45) is 11.4. The molecule has 5 atom stereocenters. The molecule has 13 rings (SSSR count). The van der Waals surface area contributed by atoms with Gasteiger partial charge in [0.2, 0.25) is 11.8 Å². The van der Waals surface area contributed by atoms with Gasteiger partial charge in [-0.05, 0) is 211 Å². The average molecular weight is 1900 g/mol. The molecule has 0 aliphatic carbocycles. The molecule has 5 saturated heterocycles. The maximum absolute atomic E-state index is 13.1. The number of rotatable bonds is 29. The number of ether oxygens (including phenoxy) is 10. The zero-order valence-corrected chi connectivity index (χ0v) is 79.0. The van der Waals surface area contributed by atoms with Crippen LogP contribution in [0.1, 0.15) is 144 Å². The van der Waals surface area contributed by atoms with Crippen LogP contribution in [0.15, 0.2) is 194 Å². The van der Waals surface area contributed by atoms with Crippen molar-refractivity contribution in [3.8, 4) is 34.5 Å². The zero-order valence-electron chi connectivity index (χ0n) is 78.3. The second-order valence-corrected chi connectivity index (χ2v) is 30.5. The summed E-state index contributed by atoms with van der Waals surface area (Å²) in [5.41, 5.74) is 9.67. The summed E-state index contributed by atoms with van der Waals surface area (Å²) >= 11 is 4.60. The minimum absolute atomic E-state index is 0.00583. The Bertz CT molecular complexity index is 4910. The molecule has 5 unspecified atom stereocenters. The minimum Gasteiger partial charge on any atom is -0.497 e. The lowest BCUT2D eigenvalue weighted by molar-refractivity contribution is -0.385. The second-order valence-electron chi connectivity index (χ2n) is 30.2. The Labute approximate surface area is 792 Å². The molecule has 5 heterocycles. The summed E-state index contributed by atoms with van der Waals surface area (Å²) in [6.45, 7) is 12.3. The van der Waals surface area contributed by atoms with Crippen LogP contribution >= 0.6 is 11.6 Å². The molecule has 4 amide bonds. The number of likely N-dealkylation sites (tertiary alicyclic amines) is 3. The van der Waals surface area contributed by atoms with Gasteiger partial charge < -0.3 is 109 Å². The quantitative estimate of drug-likeness (QED) is 0.00709. The minimum atomic E-state index is -1.18. The number of carboxylic acid groups (broad SMARTS) is 3. The molecule has 9 N–H and O–H groups in total. The van der Waals surface area contributed by atoms with Crippen LogP contribution in [-0.4, -0.2) is 255 Å². The molecule has 0 bridgehead atoms. The number of nitro benzene ring substituents is 2. The first-order valence-electron chi connectivity index (χ1n) is 43.5. The van der Waals surface area contributed by atoms with Crippen molar-refractivity contribution in [3.05, 3.63) is 259 Å². The maximum Gasteiger partial charge on any atom is 0.407 e. The number of methoxy groups -OCH3 is 9. The van der Waals surface area contributed by atoms with E-state index in [-0.39, 0.29) is 47.6 Å². The Hall–Kier alpha value is -13.6. The number of nitrogens with zero attached hydrogens (tertiary/aromatic N) is 6. The third-order valence-corrected chi connectivity index (χ3v) is 21.2. The highest BCUT2D eigenvalue weighted by molar-refractivity contribution is 6.61. The number of carboxylic acids is 3. The number of para-hydroxylation sites is 2. The molecule has 0 radical (unpaired) electrons. The Morgan fingerprint density at radius 1 is 0.481 bits per heavy atom. The van der Waals surface area contributed by atoms with Crippen LogP contribution in [0.4, 0.5) is 25.8 Å². The molecule has 8 aromatic carbocycles. The molecule has 0 spiro atoms. The molecule has 0 aromatic heterocycles. The molecule has 8 aromatic rings. The number of aliphatic carboxylic acids is 3. The highest BCUT2D eigenvalue weighted by atomic mass is 35.5. The molecule has 734 valence electrons. The van der Waals surface area contributed by atoms with E-state index in [0.717, 1.165) is 88.7 Å². The van der Waals surface area contributed by atoms with Crippen molar-refractivity contribution in [1.82, 2.24) is 40.9 Å². The Morgan fingerprint density at radius 2 is 0.859 bits per heavy atom. The predicted molar refractivity (Wildman–Crippen MR) is 508 cm³/mol. The van der Waals surface area contributed by atoms with Crippen LogP contribution in [0.2, 0.25) is 0 Å². The van der Waals surface area contributed by atoms with Gasteiger partial charge in [-0.15, -0.1) is 0 Å². The summed E-state index contributed by atoms with van der Waals surface area (Å²) in [6, 6.07) is 52.9. The first-order chi connectivity index (χ1) is 64.9. The molecular formula is C97H128ClN11O26. The number of nitro groups is 2. The Balaban J connectivity index is 0.000000326. The Kier molecular flexibility index (Phi) is 54.9. The van der Waals surface area contributed by atoms with Gasteiger partial charge in [0, 0.05) is 92.9 Å². The topological polar surface area (TPSA) is 480 Å². The third-order valence-electron chi connectivity index (χ3n) is 21.1. The van der Waals surface area contributed by atoms with E-state index in [2.05, 4.69) is 75.1 Å². The molecule has 0 saturated carbocycles. The van der Waals surface area contributed by atoms with E-state index in [1.165, 1.54) is 149 Å². The number of hydrogen-bond acceptors (Lipinski definition) is 28.